The van der Waals surface area contributed by atoms with E-state index in [0.717, 1.165) is 18.4 Å². The minimum atomic E-state index is -0.111. The molecular weight excluding hydrogens is 260 g/mol. The summed E-state index contributed by atoms with van der Waals surface area (Å²) in [6.45, 7) is 3.67. The van der Waals surface area contributed by atoms with E-state index in [1.165, 1.54) is 16.7 Å². The van der Waals surface area contributed by atoms with Gasteiger partial charge in [-0.3, -0.25) is 4.79 Å². The van der Waals surface area contributed by atoms with E-state index in [-0.39, 0.29) is 23.4 Å². The molecule has 2 atom stereocenters. The fraction of sp³-hybridized carbons (Fsp3) is 0.368. The fourth-order valence-corrected chi connectivity index (χ4v) is 3.67. The molecule has 108 valence electrons. The lowest BCUT2D eigenvalue weighted by Gasteiger charge is -2.25. The van der Waals surface area contributed by atoms with Crippen molar-refractivity contribution in [2.45, 2.75) is 39.0 Å². The summed E-state index contributed by atoms with van der Waals surface area (Å²) in [7, 11) is 0. The Bertz CT molecular complexity index is 649. The Hall–Kier alpha value is -1.96. The van der Waals surface area contributed by atoms with Gasteiger partial charge in [-0.25, -0.2) is 0 Å². The highest BCUT2D eigenvalue weighted by Crippen LogP contribution is 2.46. The maximum Gasteiger partial charge on any atom is 0.166 e. The van der Waals surface area contributed by atoms with Crippen LogP contribution in [-0.4, -0.2) is 11.6 Å². The Morgan fingerprint density at radius 1 is 1.24 bits per heavy atom. The smallest absolute Gasteiger partial charge is 0.166 e. The van der Waals surface area contributed by atoms with E-state index in [2.05, 4.69) is 19.1 Å². The van der Waals surface area contributed by atoms with Gasteiger partial charge in [-0.05, 0) is 37.8 Å². The van der Waals surface area contributed by atoms with E-state index in [1.807, 2.05) is 24.3 Å². The summed E-state index contributed by atoms with van der Waals surface area (Å²) in [5.41, 5.74) is 4.62. The van der Waals surface area contributed by atoms with Crippen LogP contribution in [0.15, 0.2) is 53.1 Å². The minimum Gasteiger partial charge on any atom is -0.300 e. The van der Waals surface area contributed by atoms with Crippen LogP contribution in [0, 0.1) is 5.92 Å². The van der Waals surface area contributed by atoms with Gasteiger partial charge < -0.3 is 4.79 Å². The first kappa shape index (κ1) is 14.0. The second-order valence-electron chi connectivity index (χ2n) is 6.18. The number of carbonyl (C=O) groups excluding carboxylic acids is 2. The topological polar surface area (TPSA) is 34.1 Å². The third-order valence-electron chi connectivity index (χ3n) is 4.59. The lowest BCUT2D eigenvalue weighted by Crippen LogP contribution is -2.24. The molecular formula is C19H20O2. The number of hydrogen-bond donors (Lipinski definition) is 0. The van der Waals surface area contributed by atoms with Gasteiger partial charge in [0.05, 0.1) is 0 Å². The number of hydrogen-bond acceptors (Lipinski definition) is 2. The van der Waals surface area contributed by atoms with Gasteiger partial charge in [0.1, 0.15) is 5.78 Å². The van der Waals surface area contributed by atoms with Crippen molar-refractivity contribution < 1.29 is 9.59 Å². The first-order valence-corrected chi connectivity index (χ1v) is 7.57. The molecule has 0 fully saturated rings. The third-order valence-corrected chi connectivity index (χ3v) is 4.59. The summed E-state index contributed by atoms with van der Waals surface area (Å²) in [6.07, 6.45) is 4.16. The highest BCUT2D eigenvalue weighted by molar-refractivity contribution is 6.04. The van der Waals surface area contributed by atoms with Crippen molar-refractivity contribution in [3.63, 3.8) is 0 Å². The van der Waals surface area contributed by atoms with Crippen molar-refractivity contribution in [1.29, 1.82) is 0 Å². The first-order valence-electron chi connectivity index (χ1n) is 7.57. The maximum absolute atomic E-state index is 12.6. The van der Waals surface area contributed by atoms with Crippen molar-refractivity contribution in [3.8, 4) is 0 Å². The average Bonchev–Trinajstić information content (AvgIpc) is 2.80. The second kappa shape index (κ2) is 5.44. The number of benzene rings is 1. The van der Waals surface area contributed by atoms with E-state index < -0.39 is 0 Å². The molecule has 21 heavy (non-hydrogen) atoms. The van der Waals surface area contributed by atoms with Crippen molar-refractivity contribution >= 4 is 11.6 Å². The lowest BCUT2D eigenvalue weighted by molar-refractivity contribution is -0.125. The molecule has 0 N–H and O–H groups in total. The molecule has 0 aromatic heterocycles. The van der Waals surface area contributed by atoms with Crippen LogP contribution in [0.1, 0.15) is 44.6 Å². The molecule has 0 spiro atoms. The average molecular weight is 280 g/mol. The highest BCUT2D eigenvalue weighted by atomic mass is 16.1. The van der Waals surface area contributed by atoms with E-state index in [0.29, 0.717) is 6.42 Å². The monoisotopic (exact) mass is 280 g/mol. The maximum atomic E-state index is 12.6. The van der Waals surface area contributed by atoms with Gasteiger partial charge in [0.15, 0.2) is 5.78 Å². The van der Waals surface area contributed by atoms with E-state index in [9.17, 15) is 9.59 Å². The van der Waals surface area contributed by atoms with Gasteiger partial charge >= 0.3 is 0 Å². The van der Waals surface area contributed by atoms with Gasteiger partial charge in [0, 0.05) is 23.8 Å². The van der Waals surface area contributed by atoms with Gasteiger partial charge in [-0.1, -0.05) is 42.0 Å². The number of carbonyl (C=O) groups is 2. The summed E-state index contributed by atoms with van der Waals surface area (Å²) >= 11 is 0. The first-order chi connectivity index (χ1) is 10.1. The zero-order valence-electron chi connectivity index (χ0n) is 12.6. The van der Waals surface area contributed by atoms with Gasteiger partial charge in [0.25, 0.3) is 0 Å². The van der Waals surface area contributed by atoms with Crippen LogP contribution in [0.25, 0.3) is 0 Å². The second-order valence-corrected chi connectivity index (χ2v) is 6.18. The van der Waals surface area contributed by atoms with Crippen LogP contribution < -0.4 is 0 Å². The molecule has 2 aliphatic rings. The van der Waals surface area contributed by atoms with E-state index in [1.54, 1.807) is 6.92 Å². The molecule has 0 saturated carbocycles. The molecule has 1 aromatic carbocycles. The summed E-state index contributed by atoms with van der Waals surface area (Å²) in [5, 5.41) is 0. The molecule has 0 aliphatic heterocycles. The standard InChI is InChI=1S/C19H20O2/c1-12-10-17-16(18(12)14-6-4-3-5-7-14)9-8-15(19(17)21)11-13(2)20/h3-7,10,15,18H,8-9,11H2,1-2H3. The molecule has 0 saturated heterocycles. The zero-order valence-corrected chi connectivity index (χ0v) is 12.6. The molecule has 2 nitrogen and oxygen atoms in total. The molecule has 0 radical (unpaired) electrons. The summed E-state index contributed by atoms with van der Waals surface area (Å²) < 4.78 is 0. The van der Waals surface area contributed by atoms with Crippen molar-refractivity contribution in [2.75, 3.05) is 0 Å². The molecule has 0 heterocycles. The zero-order chi connectivity index (χ0) is 15.0. The third kappa shape index (κ3) is 2.51. The number of ketones is 2. The van der Waals surface area contributed by atoms with Crippen molar-refractivity contribution in [2.24, 2.45) is 5.92 Å². The Morgan fingerprint density at radius 2 is 1.95 bits per heavy atom. The Kier molecular flexibility index (Phi) is 3.62. The molecule has 0 amide bonds. The Morgan fingerprint density at radius 3 is 2.62 bits per heavy atom. The van der Waals surface area contributed by atoms with Crippen molar-refractivity contribution in [1.82, 2.24) is 0 Å². The summed E-state index contributed by atoms with van der Waals surface area (Å²) in [5.74, 6) is 0.420. The lowest BCUT2D eigenvalue weighted by atomic mass is 9.77. The Balaban J connectivity index is 1.94. The van der Waals surface area contributed by atoms with Crippen LogP contribution in [0.3, 0.4) is 0 Å². The van der Waals surface area contributed by atoms with Crippen LogP contribution in [0.4, 0.5) is 0 Å². The normalized spacial score (nSPS) is 24.9. The van der Waals surface area contributed by atoms with Crippen molar-refractivity contribution in [3.05, 3.63) is 58.7 Å². The van der Waals surface area contributed by atoms with Crippen LogP contribution >= 0.6 is 0 Å². The number of rotatable bonds is 3. The molecule has 3 rings (SSSR count). The van der Waals surface area contributed by atoms with Crippen LogP contribution in [-0.2, 0) is 9.59 Å². The summed E-state index contributed by atoms with van der Waals surface area (Å²) in [6, 6.07) is 10.4. The van der Waals surface area contributed by atoms with Crippen LogP contribution in [0.5, 0.6) is 0 Å². The SMILES string of the molecule is CC(=O)CC1CCC2=C(C=C(C)C2c2ccccc2)C1=O. The van der Waals surface area contributed by atoms with E-state index >= 15 is 0 Å². The molecule has 0 bridgehead atoms. The quantitative estimate of drug-likeness (QED) is 0.839. The molecule has 2 unspecified atom stereocenters. The molecule has 1 aromatic rings. The minimum absolute atomic E-state index is 0.107. The van der Waals surface area contributed by atoms with E-state index in [4.69, 9.17) is 0 Å². The molecule has 2 heteroatoms. The largest absolute Gasteiger partial charge is 0.300 e. The van der Waals surface area contributed by atoms with Gasteiger partial charge in [-0.2, -0.15) is 0 Å². The van der Waals surface area contributed by atoms with Gasteiger partial charge in [0.2, 0.25) is 0 Å². The number of Topliss-reactive ketones (excluding diaryl/α,β-unsaturated/α-hetero) is 2. The number of allylic oxidation sites excluding steroid dienone is 4. The Labute approximate surface area is 125 Å². The highest BCUT2D eigenvalue weighted by Gasteiger charge is 2.36. The van der Waals surface area contributed by atoms with Crippen LogP contribution in [0.2, 0.25) is 0 Å². The predicted molar refractivity (Wildman–Crippen MR) is 83.0 cm³/mol. The fourth-order valence-electron chi connectivity index (χ4n) is 3.67. The van der Waals surface area contributed by atoms with Gasteiger partial charge in [-0.15, -0.1) is 0 Å². The predicted octanol–water partition coefficient (Wildman–Crippen LogP) is 3.98. The summed E-state index contributed by atoms with van der Waals surface area (Å²) in [4.78, 5) is 23.9. The molecule has 2 aliphatic carbocycles.